The third kappa shape index (κ3) is 3.85. The van der Waals surface area contributed by atoms with Crippen LogP contribution in [0.1, 0.15) is 0 Å². The van der Waals surface area contributed by atoms with Crippen molar-refractivity contribution in [3.8, 4) is 23.0 Å². The average Bonchev–Trinajstić information content (AvgIpc) is 3.40. The molecule has 3 N–H and O–H groups in total. The van der Waals surface area contributed by atoms with E-state index in [1.165, 1.54) is 6.33 Å². The summed E-state index contributed by atoms with van der Waals surface area (Å²) in [6, 6.07) is 10.8. The van der Waals surface area contributed by atoms with E-state index >= 15 is 0 Å². The molecule has 3 heterocycles. The van der Waals surface area contributed by atoms with Crippen LogP contribution in [0, 0.1) is 0 Å². The molecule has 10 nitrogen and oxygen atoms in total. The van der Waals surface area contributed by atoms with Crippen LogP contribution < -0.4 is 20.1 Å². The largest absolute Gasteiger partial charge is 0.497 e. The van der Waals surface area contributed by atoms with Crippen LogP contribution in [0.4, 0.5) is 23.4 Å². The summed E-state index contributed by atoms with van der Waals surface area (Å²) in [7, 11) is 3.18. The van der Waals surface area contributed by atoms with Crippen molar-refractivity contribution in [2.75, 3.05) is 24.9 Å². The van der Waals surface area contributed by atoms with Crippen LogP contribution in [0.25, 0.3) is 11.5 Å². The van der Waals surface area contributed by atoms with Crippen molar-refractivity contribution in [3.63, 3.8) is 0 Å². The number of hydrogen-bond donors (Lipinski definition) is 3. The minimum Gasteiger partial charge on any atom is -0.497 e. The Labute approximate surface area is 160 Å². The molecule has 28 heavy (non-hydrogen) atoms. The maximum Gasteiger partial charge on any atom is 0.233 e. The van der Waals surface area contributed by atoms with E-state index in [0.717, 1.165) is 5.69 Å². The molecule has 142 valence electrons. The number of nitrogens with one attached hydrogen (secondary N) is 3. The standard InChI is InChI=1S/C18H17N7O3/c1-26-12-6-11(7-13(8-12)27-2)21-17-19-10-20-18(23-17)22-16-9-14(24-25-16)15-4-3-5-28-15/h3-10H,1-2H3,(H3,19,20,21,22,23,24,25). The first-order valence-corrected chi connectivity index (χ1v) is 8.29. The third-order valence-electron chi connectivity index (χ3n) is 3.78. The van der Waals surface area contributed by atoms with Gasteiger partial charge in [0.2, 0.25) is 11.9 Å². The summed E-state index contributed by atoms with van der Waals surface area (Å²) in [6.45, 7) is 0. The number of aromatic amines is 1. The molecule has 4 rings (SSSR count). The maximum absolute atomic E-state index is 5.34. The van der Waals surface area contributed by atoms with Crippen LogP contribution in [-0.2, 0) is 0 Å². The number of rotatable bonds is 7. The highest BCUT2D eigenvalue weighted by Gasteiger charge is 2.09. The van der Waals surface area contributed by atoms with Gasteiger partial charge < -0.3 is 24.5 Å². The Kier molecular flexibility index (Phi) is 4.74. The fourth-order valence-electron chi connectivity index (χ4n) is 2.48. The summed E-state index contributed by atoms with van der Waals surface area (Å²) in [5, 5.41) is 13.2. The van der Waals surface area contributed by atoms with Crippen LogP contribution in [0.3, 0.4) is 0 Å². The Morgan fingerprint density at radius 3 is 2.39 bits per heavy atom. The second-order valence-corrected chi connectivity index (χ2v) is 5.63. The van der Waals surface area contributed by atoms with Crippen LogP contribution in [-0.4, -0.2) is 39.4 Å². The predicted molar refractivity (Wildman–Crippen MR) is 102 cm³/mol. The Morgan fingerprint density at radius 2 is 1.71 bits per heavy atom. The Bertz CT molecular complexity index is 1040. The second-order valence-electron chi connectivity index (χ2n) is 5.63. The van der Waals surface area contributed by atoms with Crippen LogP contribution >= 0.6 is 0 Å². The number of furan rings is 1. The molecule has 0 fully saturated rings. The first-order valence-electron chi connectivity index (χ1n) is 8.29. The van der Waals surface area contributed by atoms with Crippen molar-refractivity contribution in [1.82, 2.24) is 25.1 Å². The topological polar surface area (TPSA) is 123 Å². The molecule has 4 aromatic rings. The van der Waals surface area contributed by atoms with E-state index < -0.39 is 0 Å². The molecule has 0 spiro atoms. The van der Waals surface area contributed by atoms with E-state index in [9.17, 15) is 0 Å². The van der Waals surface area contributed by atoms with Crippen molar-refractivity contribution in [2.45, 2.75) is 0 Å². The second kappa shape index (κ2) is 7.66. The van der Waals surface area contributed by atoms with E-state index in [2.05, 4.69) is 35.8 Å². The maximum atomic E-state index is 5.34. The quantitative estimate of drug-likeness (QED) is 0.443. The minimum absolute atomic E-state index is 0.338. The molecule has 0 aliphatic carbocycles. The lowest BCUT2D eigenvalue weighted by Crippen LogP contribution is -2.03. The fourth-order valence-corrected chi connectivity index (χ4v) is 2.48. The number of benzene rings is 1. The van der Waals surface area contributed by atoms with Gasteiger partial charge >= 0.3 is 0 Å². The minimum atomic E-state index is 0.338. The summed E-state index contributed by atoms with van der Waals surface area (Å²) >= 11 is 0. The number of methoxy groups -OCH3 is 2. The Hall–Kier alpha value is -4.08. The van der Waals surface area contributed by atoms with Crippen molar-refractivity contribution in [2.24, 2.45) is 0 Å². The van der Waals surface area contributed by atoms with Gasteiger partial charge in [-0.2, -0.15) is 10.1 Å². The van der Waals surface area contributed by atoms with E-state index in [0.29, 0.717) is 40.7 Å². The zero-order valence-corrected chi connectivity index (χ0v) is 15.1. The van der Waals surface area contributed by atoms with Crippen LogP contribution in [0.15, 0.2) is 53.4 Å². The summed E-state index contributed by atoms with van der Waals surface area (Å²) in [5.74, 6) is 3.23. The molecule has 0 amide bonds. The van der Waals surface area contributed by atoms with Gasteiger partial charge in [-0.1, -0.05) is 0 Å². The van der Waals surface area contributed by atoms with Gasteiger partial charge in [0.05, 0.1) is 20.5 Å². The van der Waals surface area contributed by atoms with Gasteiger partial charge in [-0.05, 0) is 12.1 Å². The van der Waals surface area contributed by atoms with Crippen molar-refractivity contribution >= 4 is 23.4 Å². The number of nitrogens with zero attached hydrogens (tertiary/aromatic N) is 4. The van der Waals surface area contributed by atoms with Crippen LogP contribution in [0.2, 0.25) is 0 Å². The molecule has 0 aliphatic rings. The molecule has 10 heteroatoms. The van der Waals surface area contributed by atoms with Crippen molar-refractivity contribution < 1.29 is 13.9 Å². The van der Waals surface area contributed by atoms with Gasteiger partial charge in [0.25, 0.3) is 0 Å². The molecular weight excluding hydrogens is 362 g/mol. The summed E-state index contributed by atoms with van der Waals surface area (Å²) in [6.07, 6.45) is 3.00. The molecule has 3 aromatic heterocycles. The number of H-pyrrole nitrogens is 1. The predicted octanol–water partition coefficient (Wildman–Crippen LogP) is 3.36. The number of ether oxygens (including phenoxy) is 2. The Balaban J connectivity index is 1.51. The third-order valence-corrected chi connectivity index (χ3v) is 3.78. The zero-order chi connectivity index (χ0) is 19.3. The Morgan fingerprint density at radius 1 is 0.964 bits per heavy atom. The first-order chi connectivity index (χ1) is 13.7. The van der Waals surface area contributed by atoms with Gasteiger partial charge in [0, 0.05) is 30.0 Å². The summed E-state index contributed by atoms with van der Waals surface area (Å²) < 4.78 is 15.9. The summed E-state index contributed by atoms with van der Waals surface area (Å²) in [5.41, 5.74) is 1.46. The van der Waals surface area contributed by atoms with Gasteiger partial charge in [0.1, 0.15) is 23.5 Å². The van der Waals surface area contributed by atoms with Crippen molar-refractivity contribution in [3.05, 3.63) is 49.0 Å². The fraction of sp³-hybridized carbons (Fsp3) is 0.111. The van der Waals surface area contributed by atoms with Gasteiger partial charge in [-0.15, -0.1) is 0 Å². The monoisotopic (exact) mass is 379 g/mol. The summed E-state index contributed by atoms with van der Waals surface area (Å²) in [4.78, 5) is 12.6. The highest BCUT2D eigenvalue weighted by Crippen LogP contribution is 2.27. The highest BCUT2D eigenvalue weighted by atomic mass is 16.5. The number of anilines is 4. The SMILES string of the molecule is COc1cc(Nc2ncnc(Nc3cc(-c4ccco4)[nH]n3)n2)cc(OC)c1. The van der Waals surface area contributed by atoms with Gasteiger partial charge in [-0.3, -0.25) is 5.10 Å². The molecule has 0 aliphatic heterocycles. The average molecular weight is 379 g/mol. The lowest BCUT2D eigenvalue weighted by molar-refractivity contribution is 0.395. The molecular formula is C18H17N7O3. The molecule has 1 aromatic carbocycles. The van der Waals surface area contributed by atoms with Crippen LogP contribution in [0.5, 0.6) is 11.5 Å². The molecule has 0 unspecified atom stereocenters. The number of aromatic nitrogens is 5. The molecule has 0 atom stereocenters. The van der Waals surface area contributed by atoms with E-state index in [1.54, 1.807) is 38.7 Å². The zero-order valence-electron chi connectivity index (χ0n) is 15.1. The first kappa shape index (κ1) is 17.3. The lowest BCUT2D eigenvalue weighted by Gasteiger charge is -2.10. The number of hydrogen-bond acceptors (Lipinski definition) is 9. The van der Waals surface area contributed by atoms with E-state index in [4.69, 9.17) is 13.9 Å². The van der Waals surface area contributed by atoms with Crippen molar-refractivity contribution in [1.29, 1.82) is 0 Å². The van der Waals surface area contributed by atoms with E-state index in [-0.39, 0.29) is 0 Å². The van der Waals surface area contributed by atoms with Gasteiger partial charge in [-0.25, -0.2) is 9.97 Å². The lowest BCUT2D eigenvalue weighted by atomic mass is 10.3. The molecule has 0 saturated carbocycles. The molecule has 0 bridgehead atoms. The molecule has 0 radical (unpaired) electrons. The molecule has 0 saturated heterocycles. The van der Waals surface area contributed by atoms with E-state index in [1.807, 2.05) is 18.2 Å². The van der Waals surface area contributed by atoms with Gasteiger partial charge in [0.15, 0.2) is 11.6 Å². The normalized spacial score (nSPS) is 10.5. The smallest absolute Gasteiger partial charge is 0.233 e. The highest BCUT2D eigenvalue weighted by molar-refractivity contribution is 5.62.